The first-order valence-electron chi connectivity index (χ1n) is 7.71. The Morgan fingerprint density at radius 3 is 3.10 bits per heavy atom. The molecule has 4 heteroatoms. The lowest BCUT2D eigenvalue weighted by Gasteiger charge is -2.30. The number of carbonyl (C=O) groups is 1. The van der Waals surface area contributed by atoms with Crippen LogP contribution in [0.15, 0.2) is 18.2 Å². The molecule has 2 aliphatic rings. The number of ether oxygens (including phenoxy) is 2. The van der Waals surface area contributed by atoms with Crippen LogP contribution in [0, 0.1) is 6.92 Å². The summed E-state index contributed by atoms with van der Waals surface area (Å²) in [6, 6.07) is 6.34. The first kappa shape index (κ1) is 14.5. The van der Waals surface area contributed by atoms with E-state index < -0.39 is 5.54 Å². The molecule has 1 fully saturated rings. The van der Waals surface area contributed by atoms with E-state index in [0.29, 0.717) is 6.54 Å². The van der Waals surface area contributed by atoms with Gasteiger partial charge in [0, 0.05) is 13.2 Å². The van der Waals surface area contributed by atoms with Crippen molar-refractivity contribution in [3.8, 4) is 0 Å². The van der Waals surface area contributed by atoms with Gasteiger partial charge in [-0.2, -0.15) is 0 Å². The van der Waals surface area contributed by atoms with Crippen LogP contribution >= 0.6 is 0 Å². The fourth-order valence-corrected chi connectivity index (χ4v) is 3.50. The molecule has 1 aromatic rings. The summed E-state index contributed by atoms with van der Waals surface area (Å²) < 4.78 is 10.8. The zero-order valence-corrected chi connectivity index (χ0v) is 12.8. The monoisotopic (exact) mass is 289 g/mol. The molecule has 1 aliphatic heterocycles. The van der Waals surface area contributed by atoms with E-state index in [1.54, 1.807) is 0 Å². The number of benzene rings is 1. The van der Waals surface area contributed by atoms with Crippen molar-refractivity contribution in [3.05, 3.63) is 34.9 Å². The molecule has 1 aliphatic carbocycles. The molecule has 1 N–H and O–H groups in total. The molecule has 21 heavy (non-hydrogen) atoms. The Labute approximate surface area is 125 Å². The second-order valence-corrected chi connectivity index (χ2v) is 6.07. The van der Waals surface area contributed by atoms with Crippen molar-refractivity contribution in [1.29, 1.82) is 0 Å². The summed E-state index contributed by atoms with van der Waals surface area (Å²) in [5.41, 5.74) is 2.78. The molecule has 0 spiro atoms. The maximum absolute atomic E-state index is 12.5. The molecule has 3 rings (SSSR count). The van der Waals surface area contributed by atoms with Crippen LogP contribution in [0.3, 0.4) is 0 Å². The number of hydrogen-bond acceptors (Lipinski definition) is 4. The molecule has 114 valence electrons. The van der Waals surface area contributed by atoms with Crippen LogP contribution in [0.4, 0.5) is 0 Å². The third kappa shape index (κ3) is 2.58. The lowest BCUT2D eigenvalue weighted by Crippen LogP contribution is -2.50. The highest BCUT2D eigenvalue weighted by molar-refractivity contribution is 5.84. The van der Waals surface area contributed by atoms with Crippen molar-refractivity contribution < 1.29 is 14.3 Å². The van der Waals surface area contributed by atoms with E-state index >= 15 is 0 Å². The van der Waals surface area contributed by atoms with Gasteiger partial charge in [0.05, 0.1) is 13.2 Å². The fraction of sp³-hybridized carbons (Fsp3) is 0.588. The van der Waals surface area contributed by atoms with Crippen molar-refractivity contribution in [2.75, 3.05) is 20.3 Å². The van der Waals surface area contributed by atoms with Gasteiger partial charge in [0.25, 0.3) is 0 Å². The molecule has 0 radical (unpaired) electrons. The summed E-state index contributed by atoms with van der Waals surface area (Å²) in [6.45, 7) is 3.58. The molecule has 2 atom stereocenters. The number of aryl methyl sites for hydroxylation is 2. The van der Waals surface area contributed by atoms with E-state index in [0.717, 1.165) is 37.9 Å². The van der Waals surface area contributed by atoms with Crippen molar-refractivity contribution in [2.24, 2.45) is 0 Å². The average molecular weight is 289 g/mol. The Morgan fingerprint density at radius 2 is 2.38 bits per heavy atom. The smallest absolute Gasteiger partial charge is 0.330 e. The molecule has 0 amide bonds. The Bertz CT molecular complexity index is 537. The van der Waals surface area contributed by atoms with E-state index in [1.165, 1.54) is 18.2 Å². The second-order valence-electron chi connectivity index (χ2n) is 6.07. The first-order chi connectivity index (χ1) is 10.2. The molecule has 1 saturated heterocycles. The van der Waals surface area contributed by atoms with E-state index in [2.05, 4.69) is 30.4 Å². The van der Waals surface area contributed by atoms with Crippen LogP contribution in [0.5, 0.6) is 0 Å². The highest BCUT2D eigenvalue weighted by atomic mass is 16.5. The van der Waals surface area contributed by atoms with Gasteiger partial charge in [-0.15, -0.1) is 0 Å². The lowest BCUT2D eigenvalue weighted by molar-refractivity contribution is -0.149. The summed E-state index contributed by atoms with van der Waals surface area (Å²) >= 11 is 0. The number of fused-ring (bicyclic) bond motifs is 1. The van der Waals surface area contributed by atoms with Gasteiger partial charge in [-0.3, -0.25) is 5.32 Å². The average Bonchev–Trinajstić information content (AvgIpc) is 3.12. The van der Waals surface area contributed by atoms with Gasteiger partial charge >= 0.3 is 5.97 Å². The zero-order valence-electron chi connectivity index (χ0n) is 12.8. The SMILES string of the molecule is COC(=O)C1(NCC2CCCO2)CCc2ccc(C)cc21. The zero-order chi connectivity index (χ0) is 14.9. The van der Waals surface area contributed by atoms with Crippen LogP contribution in [0.1, 0.15) is 36.0 Å². The van der Waals surface area contributed by atoms with Gasteiger partial charge < -0.3 is 9.47 Å². The molecular formula is C17H23NO3. The highest BCUT2D eigenvalue weighted by Crippen LogP contribution is 2.38. The van der Waals surface area contributed by atoms with Crippen LogP contribution in [0.2, 0.25) is 0 Å². The van der Waals surface area contributed by atoms with Crippen molar-refractivity contribution in [3.63, 3.8) is 0 Å². The minimum atomic E-state index is -0.706. The molecule has 0 saturated carbocycles. The number of hydrogen-bond donors (Lipinski definition) is 1. The number of rotatable bonds is 4. The summed E-state index contributed by atoms with van der Waals surface area (Å²) in [4.78, 5) is 12.5. The fourth-order valence-electron chi connectivity index (χ4n) is 3.50. The summed E-state index contributed by atoms with van der Waals surface area (Å²) in [5, 5.41) is 3.47. The maximum Gasteiger partial charge on any atom is 0.330 e. The van der Waals surface area contributed by atoms with E-state index in [4.69, 9.17) is 9.47 Å². The molecule has 0 aromatic heterocycles. The van der Waals surface area contributed by atoms with E-state index in [1.807, 2.05) is 0 Å². The van der Waals surface area contributed by atoms with E-state index in [9.17, 15) is 4.79 Å². The van der Waals surface area contributed by atoms with Crippen LogP contribution in [-0.4, -0.2) is 32.3 Å². The largest absolute Gasteiger partial charge is 0.467 e. The van der Waals surface area contributed by atoms with Gasteiger partial charge in [0.2, 0.25) is 0 Å². The molecular weight excluding hydrogens is 266 g/mol. The highest BCUT2D eigenvalue weighted by Gasteiger charge is 2.46. The minimum Gasteiger partial charge on any atom is -0.467 e. The van der Waals surface area contributed by atoms with Crippen LogP contribution < -0.4 is 5.32 Å². The van der Waals surface area contributed by atoms with Crippen molar-refractivity contribution in [1.82, 2.24) is 5.32 Å². The Kier molecular flexibility index (Phi) is 4.00. The number of methoxy groups -OCH3 is 1. The molecule has 2 unspecified atom stereocenters. The normalized spacial score (nSPS) is 27.6. The summed E-state index contributed by atoms with van der Waals surface area (Å²) in [5.74, 6) is -0.190. The minimum absolute atomic E-state index is 0.190. The number of esters is 1. The predicted octanol–water partition coefficient (Wildman–Crippen LogP) is 2.08. The van der Waals surface area contributed by atoms with Gasteiger partial charge in [-0.1, -0.05) is 23.8 Å². The van der Waals surface area contributed by atoms with Crippen molar-refractivity contribution in [2.45, 2.75) is 44.2 Å². The predicted molar refractivity (Wildman–Crippen MR) is 80.2 cm³/mol. The third-order valence-electron chi connectivity index (χ3n) is 4.68. The molecule has 0 bridgehead atoms. The number of nitrogens with one attached hydrogen (secondary N) is 1. The van der Waals surface area contributed by atoms with Gasteiger partial charge in [-0.05, 0) is 43.7 Å². The first-order valence-corrected chi connectivity index (χ1v) is 7.71. The van der Waals surface area contributed by atoms with E-state index in [-0.39, 0.29) is 12.1 Å². The molecule has 1 aromatic carbocycles. The summed E-state index contributed by atoms with van der Waals surface area (Å²) in [6.07, 6.45) is 4.03. The number of carbonyl (C=O) groups excluding carboxylic acids is 1. The quantitative estimate of drug-likeness (QED) is 0.862. The molecule has 1 heterocycles. The topological polar surface area (TPSA) is 47.6 Å². The molecule has 4 nitrogen and oxygen atoms in total. The van der Waals surface area contributed by atoms with Crippen LogP contribution in [0.25, 0.3) is 0 Å². The Morgan fingerprint density at radius 1 is 1.52 bits per heavy atom. The van der Waals surface area contributed by atoms with Crippen molar-refractivity contribution >= 4 is 5.97 Å². The van der Waals surface area contributed by atoms with Gasteiger partial charge in [-0.25, -0.2) is 4.79 Å². The van der Waals surface area contributed by atoms with Gasteiger partial charge in [0.15, 0.2) is 0 Å². The summed E-state index contributed by atoms with van der Waals surface area (Å²) in [7, 11) is 1.46. The second kappa shape index (κ2) is 5.78. The van der Waals surface area contributed by atoms with Crippen LogP contribution in [-0.2, 0) is 26.2 Å². The standard InChI is InChI=1S/C17H23NO3/c1-12-5-6-13-7-8-17(15(13)10-12,16(19)20-2)18-11-14-4-3-9-21-14/h5-6,10,14,18H,3-4,7-9,11H2,1-2H3. The Balaban J connectivity index is 1.88. The third-order valence-corrected chi connectivity index (χ3v) is 4.68. The lowest BCUT2D eigenvalue weighted by atomic mass is 9.90. The Hall–Kier alpha value is -1.39. The maximum atomic E-state index is 12.5. The van der Waals surface area contributed by atoms with Gasteiger partial charge in [0.1, 0.15) is 5.54 Å².